The first kappa shape index (κ1) is 16.3. The summed E-state index contributed by atoms with van der Waals surface area (Å²) < 4.78 is 6.97. The van der Waals surface area contributed by atoms with E-state index in [9.17, 15) is 4.79 Å². The van der Waals surface area contributed by atoms with E-state index >= 15 is 0 Å². The van der Waals surface area contributed by atoms with Gasteiger partial charge >= 0.3 is 0 Å². The third kappa shape index (κ3) is 4.45. The summed E-state index contributed by atoms with van der Waals surface area (Å²) in [7, 11) is 1.81. The van der Waals surface area contributed by atoms with E-state index in [1.54, 1.807) is 4.90 Å². The Morgan fingerprint density at radius 3 is 2.71 bits per heavy atom. The van der Waals surface area contributed by atoms with Gasteiger partial charge in [-0.2, -0.15) is 0 Å². The summed E-state index contributed by atoms with van der Waals surface area (Å²) >= 11 is 3.49. The summed E-state index contributed by atoms with van der Waals surface area (Å²) in [6.45, 7) is 7.84. The number of nitrogens with one attached hydrogen (secondary N) is 1. The monoisotopic (exact) mass is 354 g/mol. The van der Waals surface area contributed by atoms with Gasteiger partial charge in [0.15, 0.2) is 6.10 Å². The van der Waals surface area contributed by atoms with Gasteiger partial charge < -0.3 is 15.0 Å². The molecule has 4 nitrogen and oxygen atoms in total. The average molecular weight is 355 g/mol. The van der Waals surface area contributed by atoms with Gasteiger partial charge in [0.2, 0.25) is 0 Å². The summed E-state index contributed by atoms with van der Waals surface area (Å²) in [5.41, 5.74) is 1.09. The molecule has 1 saturated heterocycles. The highest BCUT2D eigenvalue weighted by atomic mass is 79.9. The second-order valence-electron chi connectivity index (χ2n) is 6.51. The number of halogens is 1. The van der Waals surface area contributed by atoms with Crippen LogP contribution in [0.15, 0.2) is 22.7 Å². The van der Waals surface area contributed by atoms with Crippen LogP contribution in [0.4, 0.5) is 0 Å². The molecule has 0 aliphatic carbocycles. The van der Waals surface area contributed by atoms with Crippen LogP contribution in [-0.4, -0.2) is 36.0 Å². The minimum Gasteiger partial charge on any atom is -0.480 e. The SMILES string of the molecule is CN1CCC(Oc2ccc(Br)cc2CNC(C)(C)C)C1=O. The lowest BCUT2D eigenvalue weighted by atomic mass is 10.1. The molecule has 1 unspecified atom stereocenters. The van der Waals surface area contributed by atoms with Crippen molar-refractivity contribution in [1.29, 1.82) is 0 Å². The lowest BCUT2D eigenvalue weighted by molar-refractivity contribution is -0.132. The molecular formula is C16H23BrN2O2. The van der Waals surface area contributed by atoms with Crippen molar-refractivity contribution in [3.8, 4) is 5.75 Å². The van der Waals surface area contributed by atoms with Gasteiger partial charge in [-0.05, 0) is 39.0 Å². The number of rotatable bonds is 4. The highest BCUT2D eigenvalue weighted by Crippen LogP contribution is 2.26. The summed E-state index contributed by atoms with van der Waals surface area (Å²) in [5, 5.41) is 3.45. The standard InChI is InChI=1S/C16H23BrN2O2/c1-16(2,3)18-10-11-9-12(17)5-6-13(11)21-14-7-8-19(4)15(14)20/h5-6,9,14,18H,7-8,10H2,1-4H3. The molecule has 1 fully saturated rings. The zero-order valence-corrected chi connectivity index (χ0v) is 14.7. The maximum atomic E-state index is 12.0. The number of benzene rings is 1. The van der Waals surface area contributed by atoms with Crippen molar-refractivity contribution in [2.45, 2.75) is 45.4 Å². The number of nitrogens with zero attached hydrogens (tertiary/aromatic N) is 1. The molecule has 5 heteroatoms. The fraction of sp³-hybridized carbons (Fsp3) is 0.562. The first-order chi connectivity index (χ1) is 9.76. The van der Waals surface area contributed by atoms with Crippen molar-refractivity contribution in [3.05, 3.63) is 28.2 Å². The molecule has 21 heavy (non-hydrogen) atoms. The van der Waals surface area contributed by atoms with Crippen LogP contribution in [0.3, 0.4) is 0 Å². The fourth-order valence-corrected chi connectivity index (χ4v) is 2.62. The predicted octanol–water partition coefficient (Wildman–Crippen LogP) is 2.95. The van der Waals surface area contributed by atoms with Gasteiger partial charge in [-0.25, -0.2) is 0 Å². The van der Waals surface area contributed by atoms with Gasteiger partial charge in [-0.15, -0.1) is 0 Å². The van der Waals surface area contributed by atoms with Crippen molar-refractivity contribution in [2.75, 3.05) is 13.6 Å². The van der Waals surface area contributed by atoms with Crippen LogP contribution in [0.2, 0.25) is 0 Å². The predicted molar refractivity (Wildman–Crippen MR) is 87.4 cm³/mol. The molecule has 116 valence electrons. The molecule has 0 radical (unpaired) electrons. The third-order valence-corrected chi connectivity index (χ3v) is 3.97. The number of carbonyl (C=O) groups is 1. The molecule has 1 atom stereocenters. The molecule has 1 heterocycles. The number of ether oxygens (including phenoxy) is 1. The maximum absolute atomic E-state index is 12.0. The molecule has 0 spiro atoms. The Hall–Kier alpha value is -1.07. The lowest BCUT2D eigenvalue weighted by Crippen LogP contribution is -2.35. The van der Waals surface area contributed by atoms with E-state index in [4.69, 9.17) is 4.74 Å². The van der Waals surface area contributed by atoms with Crippen LogP contribution in [-0.2, 0) is 11.3 Å². The van der Waals surface area contributed by atoms with Gasteiger partial charge in [-0.1, -0.05) is 15.9 Å². The average Bonchev–Trinajstić information content (AvgIpc) is 2.70. The highest BCUT2D eigenvalue weighted by molar-refractivity contribution is 9.10. The van der Waals surface area contributed by atoms with Crippen LogP contribution >= 0.6 is 15.9 Å². The molecule has 1 aliphatic rings. The van der Waals surface area contributed by atoms with Crippen molar-refractivity contribution < 1.29 is 9.53 Å². The second kappa shape index (κ2) is 6.36. The summed E-state index contributed by atoms with van der Waals surface area (Å²) in [5.74, 6) is 0.844. The number of hydrogen-bond donors (Lipinski definition) is 1. The summed E-state index contributed by atoms with van der Waals surface area (Å²) in [6.07, 6.45) is 0.391. The molecule has 1 aromatic rings. The Morgan fingerprint density at radius 2 is 2.14 bits per heavy atom. The van der Waals surface area contributed by atoms with Crippen molar-refractivity contribution in [1.82, 2.24) is 10.2 Å². The van der Waals surface area contributed by atoms with Crippen LogP contribution in [0.1, 0.15) is 32.8 Å². The summed E-state index contributed by atoms with van der Waals surface area (Å²) in [6, 6.07) is 5.91. The zero-order valence-electron chi connectivity index (χ0n) is 13.1. The molecular weight excluding hydrogens is 332 g/mol. The van der Waals surface area contributed by atoms with E-state index < -0.39 is 0 Å². The van der Waals surface area contributed by atoms with Gasteiger partial charge in [-0.3, -0.25) is 4.79 Å². The van der Waals surface area contributed by atoms with Crippen LogP contribution in [0, 0.1) is 0 Å². The molecule has 0 saturated carbocycles. The lowest BCUT2D eigenvalue weighted by Gasteiger charge is -2.22. The van der Waals surface area contributed by atoms with E-state index in [2.05, 4.69) is 42.0 Å². The normalized spacial score (nSPS) is 19.2. The molecule has 1 amide bonds. The highest BCUT2D eigenvalue weighted by Gasteiger charge is 2.31. The molecule has 1 aromatic carbocycles. The number of amides is 1. The van der Waals surface area contributed by atoms with Gasteiger partial charge in [0, 0.05) is 42.1 Å². The third-order valence-electron chi connectivity index (χ3n) is 3.48. The largest absolute Gasteiger partial charge is 0.480 e. The van der Waals surface area contributed by atoms with Gasteiger partial charge in [0.1, 0.15) is 5.75 Å². The topological polar surface area (TPSA) is 41.6 Å². The first-order valence-electron chi connectivity index (χ1n) is 7.21. The molecule has 2 rings (SSSR count). The summed E-state index contributed by atoms with van der Waals surface area (Å²) in [4.78, 5) is 13.7. The molecule has 1 aliphatic heterocycles. The molecule has 1 N–H and O–H groups in total. The van der Waals surface area contributed by atoms with E-state index in [1.165, 1.54) is 0 Å². The Balaban J connectivity index is 2.13. The van der Waals surface area contributed by atoms with Crippen LogP contribution in [0.25, 0.3) is 0 Å². The van der Waals surface area contributed by atoms with E-state index in [0.29, 0.717) is 6.54 Å². The zero-order chi connectivity index (χ0) is 15.6. The number of likely N-dealkylation sites (tertiary alicyclic amines) is 1. The van der Waals surface area contributed by atoms with Crippen LogP contribution < -0.4 is 10.1 Å². The smallest absolute Gasteiger partial charge is 0.263 e. The minimum atomic E-state index is -0.357. The Bertz CT molecular complexity index is 525. The van der Waals surface area contributed by atoms with Gasteiger partial charge in [0.25, 0.3) is 5.91 Å². The van der Waals surface area contributed by atoms with Crippen LogP contribution in [0.5, 0.6) is 5.75 Å². The quantitative estimate of drug-likeness (QED) is 0.903. The van der Waals surface area contributed by atoms with Crippen molar-refractivity contribution in [2.24, 2.45) is 0 Å². The Morgan fingerprint density at radius 1 is 1.43 bits per heavy atom. The number of carbonyl (C=O) groups excluding carboxylic acids is 1. The van der Waals surface area contributed by atoms with Crippen molar-refractivity contribution in [3.63, 3.8) is 0 Å². The van der Waals surface area contributed by atoms with Crippen molar-refractivity contribution >= 4 is 21.8 Å². The Kier molecular flexibility index (Phi) is 4.94. The van der Waals surface area contributed by atoms with E-state index in [-0.39, 0.29) is 17.6 Å². The number of likely N-dealkylation sites (N-methyl/N-ethyl adjacent to an activating group) is 1. The molecule has 0 aromatic heterocycles. The second-order valence-corrected chi connectivity index (χ2v) is 7.43. The van der Waals surface area contributed by atoms with Gasteiger partial charge in [0.05, 0.1) is 0 Å². The molecule has 0 bridgehead atoms. The minimum absolute atomic E-state index is 0.0307. The maximum Gasteiger partial charge on any atom is 0.263 e. The Labute approximate surface area is 135 Å². The van der Waals surface area contributed by atoms with E-state index in [0.717, 1.165) is 28.8 Å². The number of hydrogen-bond acceptors (Lipinski definition) is 3. The first-order valence-corrected chi connectivity index (χ1v) is 8.01. The fourth-order valence-electron chi connectivity index (χ4n) is 2.21. The van der Waals surface area contributed by atoms with E-state index in [1.807, 2.05) is 25.2 Å².